The van der Waals surface area contributed by atoms with Crippen molar-refractivity contribution in [3.8, 4) is 11.4 Å². The number of alkyl halides is 3. The maximum atomic E-state index is 12.5. The van der Waals surface area contributed by atoms with Crippen LogP contribution in [0.3, 0.4) is 0 Å². The number of carboxylic acids is 1. The molecule has 0 radical (unpaired) electrons. The van der Waals surface area contributed by atoms with Crippen LogP contribution >= 0.6 is 11.8 Å². The minimum absolute atomic E-state index is 0.168. The predicted octanol–water partition coefficient (Wildman–Crippen LogP) is 2.68. The Morgan fingerprint density at radius 3 is 2.43 bits per heavy atom. The van der Waals surface area contributed by atoms with Gasteiger partial charge in [0, 0.05) is 12.6 Å². The minimum Gasteiger partial charge on any atom is -0.481 e. The van der Waals surface area contributed by atoms with Crippen LogP contribution in [0.25, 0.3) is 11.4 Å². The molecule has 112 valence electrons. The standard InChI is InChI=1S/C12H10F3N3O2S/c1-18-10(16-17-11(18)21-6-9(19)20)7-2-4-8(5-3-7)12(13,14)15/h2-5H,6H2,1H3,(H,19,20). The molecule has 0 unspecified atom stereocenters. The normalized spacial score (nSPS) is 11.6. The van der Waals surface area contributed by atoms with Crippen LogP contribution in [0.1, 0.15) is 5.56 Å². The fourth-order valence-electron chi connectivity index (χ4n) is 1.63. The van der Waals surface area contributed by atoms with Gasteiger partial charge in [0.1, 0.15) is 0 Å². The summed E-state index contributed by atoms with van der Waals surface area (Å²) in [5.74, 6) is -0.783. The average Bonchev–Trinajstić information content (AvgIpc) is 2.77. The van der Waals surface area contributed by atoms with E-state index in [2.05, 4.69) is 10.2 Å². The number of aliphatic carboxylic acids is 1. The van der Waals surface area contributed by atoms with Crippen LogP contribution in [-0.2, 0) is 18.0 Å². The van der Waals surface area contributed by atoms with E-state index >= 15 is 0 Å². The number of rotatable bonds is 4. The first-order chi connectivity index (χ1) is 9.79. The lowest BCUT2D eigenvalue weighted by molar-refractivity contribution is -0.137. The third kappa shape index (κ3) is 3.54. The largest absolute Gasteiger partial charge is 0.481 e. The van der Waals surface area contributed by atoms with Crippen molar-refractivity contribution in [2.75, 3.05) is 5.75 Å². The first-order valence-electron chi connectivity index (χ1n) is 5.70. The summed E-state index contributed by atoms with van der Waals surface area (Å²) >= 11 is 0.988. The van der Waals surface area contributed by atoms with Crippen molar-refractivity contribution in [3.05, 3.63) is 29.8 Å². The predicted molar refractivity (Wildman–Crippen MR) is 69.8 cm³/mol. The molecule has 0 spiro atoms. The number of hydrogen-bond donors (Lipinski definition) is 1. The lowest BCUT2D eigenvalue weighted by atomic mass is 10.1. The highest BCUT2D eigenvalue weighted by Crippen LogP contribution is 2.31. The van der Waals surface area contributed by atoms with E-state index in [-0.39, 0.29) is 5.75 Å². The Balaban J connectivity index is 2.24. The van der Waals surface area contributed by atoms with Gasteiger partial charge in [0.15, 0.2) is 11.0 Å². The average molecular weight is 317 g/mol. The number of hydrogen-bond acceptors (Lipinski definition) is 4. The van der Waals surface area contributed by atoms with Gasteiger partial charge < -0.3 is 9.67 Å². The summed E-state index contributed by atoms with van der Waals surface area (Å²) in [7, 11) is 1.62. The third-order valence-corrected chi connectivity index (χ3v) is 3.64. The molecule has 0 aliphatic carbocycles. The van der Waals surface area contributed by atoms with Crippen molar-refractivity contribution in [2.45, 2.75) is 11.3 Å². The van der Waals surface area contributed by atoms with Crippen LogP contribution < -0.4 is 0 Å². The Morgan fingerprint density at radius 1 is 1.29 bits per heavy atom. The van der Waals surface area contributed by atoms with Crippen molar-refractivity contribution in [2.24, 2.45) is 7.05 Å². The molecule has 0 bridgehead atoms. The summed E-state index contributed by atoms with van der Waals surface area (Å²) in [5, 5.41) is 16.7. The number of carbonyl (C=O) groups is 1. The quantitative estimate of drug-likeness (QED) is 0.878. The van der Waals surface area contributed by atoms with Crippen molar-refractivity contribution in [1.29, 1.82) is 0 Å². The van der Waals surface area contributed by atoms with E-state index in [0.717, 1.165) is 23.9 Å². The van der Waals surface area contributed by atoms with Crippen LogP contribution in [-0.4, -0.2) is 31.6 Å². The smallest absolute Gasteiger partial charge is 0.416 e. The molecule has 0 atom stereocenters. The van der Waals surface area contributed by atoms with Crippen LogP contribution in [0.5, 0.6) is 0 Å². The maximum absolute atomic E-state index is 12.5. The Hall–Kier alpha value is -2.03. The highest BCUT2D eigenvalue weighted by Gasteiger charge is 2.30. The van der Waals surface area contributed by atoms with Gasteiger partial charge in [-0.25, -0.2) is 0 Å². The van der Waals surface area contributed by atoms with Crippen molar-refractivity contribution < 1.29 is 23.1 Å². The highest BCUT2D eigenvalue weighted by atomic mass is 32.2. The molecule has 0 aliphatic heterocycles. The number of carboxylic acid groups (broad SMARTS) is 1. The fourth-order valence-corrected chi connectivity index (χ4v) is 2.26. The fraction of sp³-hybridized carbons (Fsp3) is 0.250. The first-order valence-corrected chi connectivity index (χ1v) is 6.69. The molecule has 0 saturated carbocycles. The summed E-state index contributed by atoms with van der Waals surface area (Å²) in [6.07, 6.45) is -4.39. The van der Waals surface area contributed by atoms with E-state index in [0.29, 0.717) is 16.5 Å². The van der Waals surface area contributed by atoms with Crippen molar-refractivity contribution in [1.82, 2.24) is 14.8 Å². The van der Waals surface area contributed by atoms with Crippen molar-refractivity contribution >= 4 is 17.7 Å². The molecule has 1 N–H and O–H groups in total. The third-order valence-electron chi connectivity index (χ3n) is 2.63. The zero-order valence-corrected chi connectivity index (χ0v) is 11.6. The molecule has 0 fully saturated rings. The van der Waals surface area contributed by atoms with Gasteiger partial charge >= 0.3 is 12.1 Å². The van der Waals surface area contributed by atoms with E-state index in [1.807, 2.05) is 0 Å². The molecule has 1 aromatic heterocycles. The molecule has 0 saturated heterocycles. The van der Waals surface area contributed by atoms with E-state index < -0.39 is 17.7 Å². The summed E-state index contributed by atoms with van der Waals surface area (Å²) in [6, 6.07) is 4.54. The van der Waals surface area contributed by atoms with Crippen LogP contribution in [0.4, 0.5) is 13.2 Å². The van der Waals surface area contributed by atoms with Gasteiger partial charge in [-0.3, -0.25) is 4.79 Å². The van der Waals surface area contributed by atoms with Crippen LogP contribution in [0.2, 0.25) is 0 Å². The SMILES string of the molecule is Cn1c(SCC(=O)O)nnc1-c1ccc(C(F)(F)F)cc1. The van der Waals surface area contributed by atoms with Gasteiger partial charge in [-0.2, -0.15) is 13.2 Å². The van der Waals surface area contributed by atoms with E-state index in [4.69, 9.17) is 5.11 Å². The molecule has 9 heteroatoms. The zero-order chi connectivity index (χ0) is 15.6. The Morgan fingerprint density at radius 2 is 1.90 bits per heavy atom. The number of thioether (sulfide) groups is 1. The minimum atomic E-state index is -4.39. The number of nitrogens with zero attached hydrogens (tertiary/aromatic N) is 3. The van der Waals surface area contributed by atoms with Gasteiger partial charge in [-0.15, -0.1) is 10.2 Å². The second-order valence-corrected chi connectivity index (χ2v) is 5.07. The summed E-state index contributed by atoms with van der Waals surface area (Å²) < 4.78 is 39.0. The van der Waals surface area contributed by atoms with Crippen molar-refractivity contribution in [3.63, 3.8) is 0 Å². The number of benzene rings is 1. The zero-order valence-electron chi connectivity index (χ0n) is 10.8. The Kier molecular flexibility index (Phi) is 4.21. The molecule has 1 aromatic carbocycles. The summed E-state index contributed by atoms with van der Waals surface area (Å²) in [5.41, 5.74) is -0.269. The van der Waals surface area contributed by atoms with Gasteiger partial charge in [-0.1, -0.05) is 23.9 Å². The number of aromatic nitrogens is 3. The van der Waals surface area contributed by atoms with Gasteiger partial charge in [0.05, 0.1) is 11.3 Å². The molecule has 2 rings (SSSR count). The molecule has 0 amide bonds. The monoisotopic (exact) mass is 317 g/mol. The molecule has 5 nitrogen and oxygen atoms in total. The number of halogens is 3. The summed E-state index contributed by atoms with van der Waals surface area (Å²) in [4.78, 5) is 10.5. The molecule has 1 heterocycles. The molecular formula is C12H10F3N3O2S. The maximum Gasteiger partial charge on any atom is 0.416 e. The topological polar surface area (TPSA) is 68.0 Å². The molecular weight excluding hydrogens is 307 g/mol. The second kappa shape index (κ2) is 5.76. The first kappa shape index (κ1) is 15.4. The van der Waals surface area contributed by atoms with Crippen LogP contribution in [0, 0.1) is 0 Å². The van der Waals surface area contributed by atoms with Crippen LogP contribution in [0.15, 0.2) is 29.4 Å². The molecule has 21 heavy (non-hydrogen) atoms. The van der Waals surface area contributed by atoms with E-state index in [1.165, 1.54) is 16.7 Å². The highest BCUT2D eigenvalue weighted by molar-refractivity contribution is 7.99. The summed E-state index contributed by atoms with van der Waals surface area (Å²) in [6.45, 7) is 0. The molecule has 0 aliphatic rings. The van der Waals surface area contributed by atoms with E-state index in [1.54, 1.807) is 7.05 Å². The lowest BCUT2D eigenvalue weighted by Crippen LogP contribution is -2.04. The lowest BCUT2D eigenvalue weighted by Gasteiger charge is -2.07. The van der Waals surface area contributed by atoms with Gasteiger partial charge in [0.2, 0.25) is 0 Å². The Bertz CT molecular complexity index is 653. The van der Waals surface area contributed by atoms with E-state index in [9.17, 15) is 18.0 Å². The Labute approximate surface area is 121 Å². The molecule has 2 aromatic rings. The second-order valence-electron chi connectivity index (χ2n) is 4.12. The van der Waals surface area contributed by atoms with Gasteiger partial charge in [0.25, 0.3) is 0 Å². The van der Waals surface area contributed by atoms with Gasteiger partial charge in [-0.05, 0) is 12.1 Å².